The molecule has 2 aromatic carbocycles. The fourth-order valence-corrected chi connectivity index (χ4v) is 3.24. The van der Waals surface area contributed by atoms with Crippen LogP contribution < -0.4 is 5.32 Å². The molecule has 2 aromatic rings. The largest absolute Gasteiger partial charge is 0.364 e. The summed E-state index contributed by atoms with van der Waals surface area (Å²) in [6, 6.07) is 9.05. The number of benzene rings is 2. The van der Waals surface area contributed by atoms with Gasteiger partial charge >= 0.3 is 5.70 Å². The van der Waals surface area contributed by atoms with Gasteiger partial charge in [0.25, 0.3) is 0 Å². The molecule has 1 aliphatic rings. The van der Waals surface area contributed by atoms with Crippen molar-refractivity contribution in [2.75, 3.05) is 13.1 Å². The average Bonchev–Trinajstić information content (AvgIpc) is 3.15. The average molecular weight is 434 g/mol. The van der Waals surface area contributed by atoms with Crippen LogP contribution in [-0.2, 0) is 6.54 Å². The van der Waals surface area contributed by atoms with Gasteiger partial charge in [0.05, 0.1) is 4.92 Å². The number of nitro groups is 1. The van der Waals surface area contributed by atoms with Crippen molar-refractivity contribution in [3.05, 3.63) is 84.9 Å². The zero-order valence-electron chi connectivity index (χ0n) is 15.0. The van der Waals surface area contributed by atoms with Crippen LogP contribution in [0.1, 0.15) is 22.3 Å². The molecule has 1 N–H and O–H groups in total. The van der Waals surface area contributed by atoms with Crippen molar-refractivity contribution in [2.45, 2.75) is 6.54 Å². The van der Waals surface area contributed by atoms with Crippen molar-refractivity contribution in [3.63, 3.8) is 0 Å². The third kappa shape index (κ3) is 3.61. The van der Waals surface area contributed by atoms with Crippen LogP contribution in [0.3, 0.4) is 0 Å². The molecule has 152 valence electrons. The monoisotopic (exact) mass is 433 g/mol. The van der Waals surface area contributed by atoms with Gasteiger partial charge in [-0.15, -0.1) is 0 Å². The molecule has 0 bridgehead atoms. The van der Waals surface area contributed by atoms with Gasteiger partial charge in [-0.25, -0.2) is 13.2 Å². The molecule has 1 heterocycles. The van der Waals surface area contributed by atoms with Crippen LogP contribution in [0, 0.1) is 50.2 Å². The lowest BCUT2D eigenvalue weighted by atomic mass is 9.99. The van der Waals surface area contributed by atoms with Gasteiger partial charge in [-0.3, -0.25) is 10.1 Å². The van der Waals surface area contributed by atoms with E-state index in [9.17, 15) is 28.5 Å². The van der Waals surface area contributed by atoms with E-state index < -0.39 is 44.8 Å². The highest BCUT2D eigenvalue weighted by molar-refractivity contribution is 6.30. The molecule has 0 radical (unpaired) electrons. The van der Waals surface area contributed by atoms with E-state index in [0.717, 1.165) is 11.6 Å². The summed E-state index contributed by atoms with van der Waals surface area (Å²) in [5.41, 5.74) is -3.87. The van der Waals surface area contributed by atoms with Crippen LogP contribution in [0.15, 0.2) is 30.1 Å². The molecule has 0 aliphatic carbocycles. The van der Waals surface area contributed by atoms with E-state index in [2.05, 4.69) is 5.32 Å². The second-order valence-corrected chi connectivity index (χ2v) is 6.66. The van der Waals surface area contributed by atoms with Crippen LogP contribution in [0.25, 0.3) is 5.70 Å². The summed E-state index contributed by atoms with van der Waals surface area (Å²) in [5.74, 6) is -5.60. The van der Waals surface area contributed by atoms with Gasteiger partial charge < -0.3 is 10.2 Å². The molecule has 11 heteroatoms. The van der Waals surface area contributed by atoms with Crippen LogP contribution in [0.2, 0.25) is 5.02 Å². The fraction of sp³-hybridized carbons (Fsp3) is 0.158. The molecule has 0 unspecified atom stereocenters. The maximum atomic E-state index is 14.7. The Balaban J connectivity index is 2.22. The highest BCUT2D eigenvalue weighted by Crippen LogP contribution is 2.33. The predicted octanol–water partition coefficient (Wildman–Crippen LogP) is 3.51. The quantitative estimate of drug-likeness (QED) is 0.449. The molecule has 0 aromatic heterocycles. The minimum atomic E-state index is -1.90. The van der Waals surface area contributed by atoms with Gasteiger partial charge in [0.2, 0.25) is 0 Å². The van der Waals surface area contributed by atoms with E-state index in [0.29, 0.717) is 5.02 Å². The van der Waals surface area contributed by atoms with Gasteiger partial charge in [0, 0.05) is 24.7 Å². The summed E-state index contributed by atoms with van der Waals surface area (Å²) < 4.78 is 43.3. The lowest BCUT2D eigenvalue weighted by molar-refractivity contribution is -0.377. The molecule has 30 heavy (non-hydrogen) atoms. The predicted molar refractivity (Wildman–Crippen MR) is 99.5 cm³/mol. The minimum absolute atomic E-state index is 0.154. The lowest BCUT2D eigenvalue weighted by Gasteiger charge is -2.19. The molecule has 0 atom stereocenters. The fourth-order valence-electron chi connectivity index (χ4n) is 3.12. The molecule has 1 aliphatic heterocycles. The summed E-state index contributed by atoms with van der Waals surface area (Å²) in [5, 5.41) is 33.1. The smallest absolute Gasteiger partial charge is 0.320 e. The first kappa shape index (κ1) is 21.0. The van der Waals surface area contributed by atoms with Crippen molar-refractivity contribution in [3.8, 4) is 12.1 Å². The van der Waals surface area contributed by atoms with Gasteiger partial charge in [-0.2, -0.15) is 10.5 Å². The lowest BCUT2D eigenvalue weighted by Crippen LogP contribution is -2.24. The van der Waals surface area contributed by atoms with E-state index in [1.807, 2.05) is 0 Å². The van der Waals surface area contributed by atoms with Gasteiger partial charge in [0.15, 0.2) is 23.3 Å². The SMILES string of the molecule is N#Cc1c(F)c(F)c(/C(=C2/NCCN2Cc2ccc(Cl)cc2)[N+](=O)[O-])c(C#N)c1F. The molecule has 7 nitrogen and oxygen atoms in total. The number of halogens is 4. The van der Waals surface area contributed by atoms with Crippen molar-refractivity contribution in [1.82, 2.24) is 10.2 Å². The summed E-state index contributed by atoms with van der Waals surface area (Å²) in [7, 11) is 0. The van der Waals surface area contributed by atoms with E-state index >= 15 is 0 Å². The number of hydrogen-bond acceptors (Lipinski definition) is 6. The Labute approximate surface area is 173 Å². The van der Waals surface area contributed by atoms with E-state index in [1.165, 1.54) is 11.0 Å². The van der Waals surface area contributed by atoms with Crippen molar-refractivity contribution >= 4 is 17.3 Å². The summed E-state index contributed by atoms with van der Waals surface area (Å²) in [6.07, 6.45) is 0. The first-order chi connectivity index (χ1) is 14.3. The highest BCUT2D eigenvalue weighted by Gasteiger charge is 2.37. The van der Waals surface area contributed by atoms with E-state index in [1.54, 1.807) is 24.3 Å². The minimum Gasteiger partial charge on any atom is -0.364 e. The van der Waals surface area contributed by atoms with Crippen LogP contribution >= 0.6 is 11.6 Å². The van der Waals surface area contributed by atoms with Gasteiger partial charge in [-0.05, 0) is 17.7 Å². The second kappa shape index (κ2) is 8.31. The molecule has 0 saturated carbocycles. The zero-order valence-corrected chi connectivity index (χ0v) is 15.8. The van der Waals surface area contributed by atoms with Crippen molar-refractivity contribution in [1.29, 1.82) is 10.5 Å². The number of nitriles is 2. The molecule has 0 amide bonds. The third-order valence-electron chi connectivity index (χ3n) is 4.47. The summed E-state index contributed by atoms with van der Waals surface area (Å²) >= 11 is 5.84. The van der Waals surface area contributed by atoms with Crippen LogP contribution in [0.5, 0.6) is 0 Å². The number of nitrogens with one attached hydrogen (secondary N) is 1. The first-order valence-corrected chi connectivity index (χ1v) is 8.80. The van der Waals surface area contributed by atoms with Crippen molar-refractivity contribution < 1.29 is 18.1 Å². The van der Waals surface area contributed by atoms with Gasteiger partial charge in [0.1, 0.15) is 28.8 Å². The molecular weight excluding hydrogens is 423 g/mol. The molecule has 0 spiro atoms. The Bertz CT molecular complexity index is 1150. The Hall–Kier alpha value is -3.76. The molecule has 1 fully saturated rings. The number of rotatable bonds is 4. The van der Waals surface area contributed by atoms with Crippen molar-refractivity contribution in [2.24, 2.45) is 0 Å². The highest BCUT2D eigenvalue weighted by atomic mass is 35.5. The Morgan fingerprint density at radius 1 is 1.13 bits per heavy atom. The Kier molecular flexibility index (Phi) is 5.81. The maximum Gasteiger partial charge on any atom is 0.320 e. The molecular formula is C19H11ClF3N5O2. The van der Waals surface area contributed by atoms with E-state index in [4.69, 9.17) is 16.9 Å². The Morgan fingerprint density at radius 3 is 2.33 bits per heavy atom. The summed E-state index contributed by atoms with van der Waals surface area (Å²) in [6.45, 7) is 0.673. The van der Waals surface area contributed by atoms with E-state index in [-0.39, 0.29) is 25.5 Å². The molecule has 1 saturated heterocycles. The zero-order chi connectivity index (χ0) is 22.0. The van der Waals surface area contributed by atoms with Gasteiger partial charge in [-0.1, -0.05) is 23.7 Å². The molecule has 3 rings (SSSR count). The normalized spacial score (nSPS) is 14.7. The Morgan fingerprint density at radius 2 is 1.77 bits per heavy atom. The second-order valence-electron chi connectivity index (χ2n) is 6.22. The maximum absolute atomic E-state index is 14.7. The standard InChI is InChI=1S/C19H11ClF3N5O2/c20-11-3-1-10(2-4-11)9-27-6-5-26-19(27)18(28(29)30)14-12(7-24)15(21)13(8-25)16(22)17(14)23/h1-4,26H,5-6,9H2/b19-18+. The topological polar surface area (TPSA) is 106 Å². The summed E-state index contributed by atoms with van der Waals surface area (Å²) in [4.78, 5) is 12.3. The number of hydrogen-bond donors (Lipinski definition) is 1. The third-order valence-corrected chi connectivity index (χ3v) is 4.72. The number of nitrogens with zero attached hydrogens (tertiary/aromatic N) is 4. The van der Waals surface area contributed by atoms with Crippen LogP contribution in [-0.4, -0.2) is 22.9 Å². The van der Waals surface area contributed by atoms with Crippen LogP contribution in [0.4, 0.5) is 13.2 Å². The first-order valence-electron chi connectivity index (χ1n) is 8.43.